The van der Waals surface area contributed by atoms with Crippen molar-refractivity contribution in [2.75, 3.05) is 4.90 Å². The SMILES string of the molecule is CC(=O)NC1C(=O)N(Cc2nnc(-c3ccccc3)o2)c2ccccc21. The molecule has 0 radical (unpaired) electrons. The van der Waals surface area contributed by atoms with Crippen molar-refractivity contribution in [2.24, 2.45) is 0 Å². The maximum atomic E-state index is 12.8. The molecule has 2 aromatic carbocycles. The van der Waals surface area contributed by atoms with E-state index in [9.17, 15) is 9.59 Å². The largest absolute Gasteiger partial charge is 0.419 e. The molecule has 1 aliphatic heterocycles. The minimum Gasteiger partial charge on any atom is -0.419 e. The zero-order chi connectivity index (χ0) is 18.1. The van der Waals surface area contributed by atoms with E-state index in [1.54, 1.807) is 4.90 Å². The average Bonchev–Trinajstić information content (AvgIpc) is 3.22. The fourth-order valence-electron chi connectivity index (χ4n) is 3.04. The smallest absolute Gasteiger partial charge is 0.254 e. The van der Waals surface area contributed by atoms with E-state index < -0.39 is 6.04 Å². The number of para-hydroxylation sites is 1. The first-order valence-electron chi connectivity index (χ1n) is 8.18. The van der Waals surface area contributed by atoms with Crippen LogP contribution in [0.25, 0.3) is 11.5 Å². The summed E-state index contributed by atoms with van der Waals surface area (Å²) in [5, 5.41) is 10.8. The molecule has 1 unspecified atom stereocenters. The first kappa shape index (κ1) is 16.0. The number of nitrogens with one attached hydrogen (secondary N) is 1. The highest BCUT2D eigenvalue weighted by Crippen LogP contribution is 2.36. The zero-order valence-electron chi connectivity index (χ0n) is 14.0. The molecule has 2 amide bonds. The molecule has 1 N–H and O–H groups in total. The highest BCUT2D eigenvalue weighted by Gasteiger charge is 2.38. The molecule has 0 fully saturated rings. The van der Waals surface area contributed by atoms with E-state index in [4.69, 9.17) is 4.42 Å². The van der Waals surface area contributed by atoms with Gasteiger partial charge in [-0.05, 0) is 18.2 Å². The number of hydrogen-bond donors (Lipinski definition) is 1. The molecule has 0 spiro atoms. The van der Waals surface area contributed by atoms with Crippen molar-refractivity contribution in [3.63, 3.8) is 0 Å². The van der Waals surface area contributed by atoms with Gasteiger partial charge in [0.25, 0.3) is 5.91 Å². The Labute approximate surface area is 149 Å². The van der Waals surface area contributed by atoms with Crippen LogP contribution < -0.4 is 10.2 Å². The topological polar surface area (TPSA) is 88.3 Å². The van der Waals surface area contributed by atoms with Gasteiger partial charge < -0.3 is 14.6 Å². The van der Waals surface area contributed by atoms with Gasteiger partial charge in [-0.2, -0.15) is 0 Å². The molecule has 3 aromatic rings. The third-order valence-electron chi connectivity index (χ3n) is 4.18. The summed E-state index contributed by atoms with van der Waals surface area (Å²) in [4.78, 5) is 25.8. The number of amides is 2. The van der Waals surface area contributed by atoms with Crippen LogP contribution in [-0.4, -0.2) is 22.0 Å². The fourth-order valence-corrected chi connectivity index (χ4v) is 3.04. The summed E-state index contributed by atoms with van der Waals surface area (Å²) < 4.78 is 5.71. The van der Waals surface area contributed by atoms with Crippen LogP contribution in [0.3, 0.4) is 0 Å². The van der Waals surface area contributed by atoms with Crippen molar-refractivity contribution in [1.29, 1.82) is 0 Å². The summed E-state index contributed by atoms with van der Waals surface area (Å²) in [5.41, 5.74) is 2.31. The van der Waals surface area contributed by atoms with Gasteiger partial charge in [0.2, 0.25) is 17.7 Å². The lowest BCUT2D eigenvalue weighted by Crippen LogP contribution is -2.36. The minimum absolute atomic E-state index is 0.145. The Kier molecular flexibility index (Phi) is 3.96. The van der Waals surface area contributed by atoms with Crippen molar-refractivity contribution in [2.45, 2.75) is 19.5 Å². The van der Waals surface area contributed by atoms with Crippen LogP contribution in [0.4, 0.5) is 5.69 Å². The van der Waals surface area contributed by atoms with Gasteiger partial charge >= 0.3 is 0 Å². The highest BCUT2D eigenvalue weighted by atomic mass is 16.4. The standard InChI is InChI=1S/C19H16N4O3/c1-12(24)20-17-14-9-5-6-10-15(14)23(19(17)25)11-16-21-22-18(26-16)13-7-3-2-4-8-13/h2-10,17H,11H2,1H3,(H,20,24). The molecule has 1 aliphatic rings. The number of aromatic nitrogens is 2. The van der Waals surface area contributed by atoms with E-state index in [0.717, 1.165) is 16.8 Å². The molecule has 0 bridgehead atoms. The Bertz CT molecular complexity index is 968. The summed E-state index contributed by atoms with van der Waals surface area (Å²) >= 11 is 0. The number of carbonyl (C=O) groups excluding carboxylic acids is 2. The van der Waals surface area contributed by atoms with E-state index in [0.29, 0.717) is 11.8 Å². The molecule has 7 nitrogen and oxygen atoms in total. The lowest BCUT2D eigenvalue weighted by atomic mass is 10.1. The van der Waals surface area contributed by atoms with Crippen LogP contribution in [0.2, 0.25) is 0 Å². The third-order valence-corrected chi connectivity index (χ3v) is 4.18. The van der Waals surface area contributed by atoms with Gasteiger partial charge in [0.1, 0.15) is 12.6 Å². The second kappa shape index (κ2) is 6.44. The fraction of sp³-hybridized carbons (Fsp3) is 0.158. The van der Waals surface area contributed by atoms with Crippen LogP contribution >= 0.6 is 0 Å². The molecule has 130 valence electrons. The Morgan fingerprint density at radius 1 is 1.12 bits per heavy atom. The number of rotatable bonds is 4. The predicted molar refractivity (Wildman–Crippen MR) is 93.9 cm³/mol. The highest BCUT2D eigenvalue weighted by molar-refractivity contribution is 6.05. The molecule has 0 saturated carbocycles. The molecule has 0 aliphatic carbocycles. The van der Waals surface area contributed by atoms with Crippen LogP contribution in [0.1, 0.15) is 24.4 Å². The number of fused-ring (bicyclic) bond motifs is 1. The molecular formula is C19H16N4O3. The van der Waals surface area contributed by atoms with Crippen molar-refractivity contribution in [3.8, 4) is 11.5 Å². The molecule has 2 heterocycles. The first-order chi connectivity index (χ1) is 12.6. The van der Waals surface area contributed by atoms with Gasteiger partial charge in [-0.15, -0.1) is 10.2 Å². The van der Waals surface area contributed by atoms with Gasteiger partial charge in [-0.1, -0.05) is 36.4 Å². The van der Waals surface area contributed by atoms with Crippen molar-refractivity contribution < 1.29 is 14.0 Å². The van der Waals surface area contributed by atoms with E-state index in [1.165, 1.54) is 6.92 Å². The quantitative estimate of drug-likeness (QED) is 0.782. The summed E-state index contributed by atoms with van der Waals surface area (Å²) in [6.45, 7) is 1.54. The normalized spacial score (nSPS) is 15.8. The second-order valence-corrected chi connectivity index (χ2v) is 5.98. The van der Waals surface area contributed by atoms with Gasteiger partial charge in [0.15, 0.2) is 0 Å². The van der Waals surface area contributed by atoms with Crippen molar-refractivity contribution in [3.05, 3.63) is 66.1 Å². The molecule has 1 atom stereocenters. The second-order valence-electron chi connectivity index (χ2n) is 5.98. The Morgan fingerprint density at radius 3 is 2.62 bits per heavy atom. The predicted octanol–water partition coefficient (Wildman–Crippen LogP) is 2.46. The zero-order valence-corrected chi connectivity index (χ0v) is 14.0. The summed E-state index contributed by atoms with van der Waals surface area (Å²) in [7, 11) is 0. The van der Waals surface area contributed by atoms with E-state index in [2.05, 4.69) is 15.5 Å². The van der Waals surface area contributed by atoms with Gasteiger partial charge in [-0.25, -0.2) is 0 Å². The Balaban J connectivity index is 1.61. The molecule has 26 heavy (non-hydrogen) atoms. The lowest BCUT2D eigenvalue weighted by molar-refractivity contribution is -0.126. The maximum absolute atomic E-state index is 12.8. The summed E-state index contributed by atoms with van der Waals surface area (Å²) in [5.74, 6) is 0.249. The lowest BCUT2D eigenvalue weighted by Gasteiger charge is -2.15. The number of carbonyl (C=O) groups is 2. The third kappa shape index (κ3) is 2.83. The van der Waals surface area contributed by atoms with Crippen LogP contribution in [0, 0.1) is 0 Å². The van der Waals surface area contributed by atoms with Gasteiger partial charge in [0, 0.05) is 18.1 Å². The molecule has 4 rings (SSSR count). The molecular weight excluding hydrogens is 332 g/mol. The molecule has 1 aromatic heterocycles. The van der Waals surface area contributed by atoms with E-state index in [-0.39, 0.29) is 18.4 Å². The maximum Gasteiger partial charge on any atom is 0.254 e. The van der Waals surface area contributed by atoms with Gasteiger partial charge in [-0.3, -0.25) is 9.59 Å². The number of nitrogens with zero attached hydrogens (tertiary/aromatic N) is 3. The monoisotopic (exact) mass is 348 g/mol. The van der Waals surface area contributed by atoms with E-state index >= 15 is 0 Å². The average molecular weight is 348 g/mol. The Hall–Kier alpha value is -3.48. The van der Waals surface area contributed by atoms with Crippen molar-refractivity contribution >= 4 is 17.5 Å². The van der Waals surface area contributed by atoms with E-state index in [1.807, 2.05) is 54.6 Å². The minimum atomic E-state index is -0.694. The van der Waals surface area contributed by atoms with Crippen LogP contribution in [-0.2, 0) is 16.1 Å². The van der Waals surface area contributed by atoms with Crippen LogP contribution in [0.15, 0.2) is 59.0 Å². The summed E-state index contributed by atoms with van der Waals surface area (Å²) in [6.07, 6.45) is 0. The number of hydrogen-bond acceptors (Lipinski definition) is 5. The summed E-state index contributed by atoms with van der Waals surface area (Å²) in [6, 6.07) is 16.1. The first-order valence-corrected chi connectivity index (χ1v) is 8.18. The van der Waals surface area contributed by atoms with Crippen molar-refractivity contribution in [1.82, 2.24) is 15.5 Å². The van der Waals surface area contributed by atoms with Gasteiger partial charge in [0.05, 0.1) is 5.69 Å². The van der Waals surface area contributed by atoms with Crippen LogP contribution in [0.5, 0.6) is 0 Å². The molecule has 0 saturated heterocycles. The Morgan fingerprint density at radius 2 is 1.85 bits per heavy atom. The molecule has 7 heteroatoms. The number of anilines is 1. The number of benzene rings is 2.